The fourth-order valence-electron chi connectivity index (χ4n) is 3.89. The monoisotopic (exact) mass is 461 g/mol. The SMILES string of the molecule is CCCCn1c(CN2CCN(C(=O)c3cccs3)CC2)nc2cc(S(N)(=O)=O)ccc21. The summed E-state index contributed by atoms with van der Waals surface area (Å²) in [6.45, 7) is 6.54. The largest absolute Gasteiger partial charge is 0.335 e. The van der Waals surface area contributed by atoms with Crippen LogP contribution in [0.4, 0.5) is 0 Å². The summed E-state index contributed by atoms with van der Waals surface area (Å²) in [5.74, 6) is 1.01. The highest BCUT2D eigenvalue weighted by molar-refractivity contribution is 7.89. The van der Waals surface area contributed by atoms with Gasteiger partial charge in [0.1, 0.15) is 5.82 Å². The van der Waals surface area contributed by atoms with E-state index in [0.717, 1.165) is 48.7 Å². The van der Waals surface area contributed by atoms with Crippen LogP contribution in [0.25, 0.3) is 11.0 Å². The summed E-state index contributed by atoms with van der Waals surface area (Å²) in [6, 6.07) is 8.65. The van der Waals surface area contributed by atoms with Crippen molar-refractivity contribution >= 4 is 38.3 Å². The van der Waals surface area contributed by atoms with Crippen LogP contribution >= 0.6 is 11.3 Å². The second-order valence-electron chi connectivity index (χ2n) is 7.77. The van der Waals surface area contributed by atoms with Crippen LogP contribution in [0.1, 0.15) is 35.3 Å². The number of carbonyl (C=O) groups is 1. The Morgan fingerprint density at radius 3 is 2.61 bits per heavy atom. The molecule has 1 aliphatic heterocycles. The van der Waals surface area contributed by atoms with E-state index in [2.05, 4.69) is 16.4 Å². The Labute approximate surface area is 186 Å². The number of piperazine rings is 1. The number of sulfonamides is 1. The molecule has 31 heavy (non-hydrogen) atoms. The molecule has 2 N–H and O–H groups in total. The first-order valence-corrected chi connectivity index (χ1v) is 12.9. The number of unbranched alkanes of at least 4 members (excludes halogenated alkanes) is 1. The van der Waals surface area contributed by atoms with Gasteiger partial charge in [-0.3, -0.25) is 9.69 Å². The van der Waals surface area contributed by atoms with Gasteiger partial charge in [-0.1, -0.05) is 19.4 Å². The molecule has 0 radical (unpaired) electrons. The van der Waals surface area contributed by atoms with Crippen LogP contribution in [-0.4, -0.2) is 59.9 Å². The van der Waals surface area contributed by atoms with Gasteiger partial charge in [0.05, 0.1) is 27.4 Å². The smallest absolute Gasteiger partial charge is 0.264 e. The minimum Gasteiger partial charge on any atom is -0.335 e. The summed E-state index contributed by atoms with van der Waals surface area (Å²) in [5.41, 5.74) is 1.56. The van der Waals surface area contributed by atoms with E-state index < -0.39 is 10.0 Å². The maximum Gasteiger partial charge on any atom is 0.264 e. The average Bonchev–Trinajstić information content (AvgIpc) is 3.39. The normalized spacial score (nSPS) is 15.6. The molecule has 3 aromatic rings. The Kier molecular flexibility index (Phi) is 6.42. The minimum absolute atomic E-state index is 0.0763. The van der Waals surface area contributed by atoms with Crippen molar-refractivity contribution in [3.05, 3.63) is 46.4 Å². The average molecular weight is 462 g/mol. The van der Waals surface area contributed by atoms with E-state index in [9.17, 15) is 13.2 Å². The van der Waals surface area contributed by atoms with E-state index in [1.165, 1.54) is 11.3 Å². The highest BCUT2D eigenvalue weighted by atomic mass is 32.2. The molecule has 1 aromatic carbocycles. The molecule has 2 aromatic heterocycles. The minimum atomic E-state index is -3.77. The summed E-state index contributed by atoms with van der Waals surface area (Å²) >= 11 is 1.47. The zero-order valence-electron chi connectivity index (χ0n) is 17.5. The Bertz CT molecular complexity index is 1160. The summed E-state index contributed by atoms with van der Waals surface area (Å²) in [7, 11) is -3.77. The van der Waals surface area contributed by atoms with Gasteiger partial charge in [0, 0.05) is 32.7 Å². The number of hydrogen-bond donors (Lipinski definition) is 1. The number of hydrogen-bond acceptors (Lipinski definition) is 6. The molecule has 1 fully saturated rings. The van der Waals surface area contributed by atoms with Crippen LogP contribution in [0.3, 0.4) is 0 Å². The van der Waals surface area contributed by atoms with Gasteiger partial charge in [-0.15, -0.1) is 11.3 Å². The Hall–Kier alpha value is -2.27. The predicted molar refractivity (Wildman–Crippen MR) is 122 cm³/mol. The van der Waals surface area contributed by atoms with E-state index in [-0.39, 0.29) is 10.8 Å². The number of primary sulfonamides is 1. The molecule has 166 valence electrons. The molecule has 1 aliphatic rings. The number of amides is 1. The van der Waals surface area contributed by atoms with Gasteiger partial charge in [0.2, 0.25) is 10.0 Å². The number of aromatic nitrogens is 2. The van der Waals surface area contributed by atoms with Crippen molar-refractivity contribution in [3.8, 4) is 0 Å². The van der Waals surface area contributed by atoms with Gasteiger partial charge in [0.25, 0.3) is 5.91 Å². The standard InChI is InChI=1S/C21H27N5O3S2/c1-2-3-8-26-18-7-6-16(31(22,28)29)14-17(18)23-20(26)15-24-9-11-25(12-10-24)21(27)19-5-4-13-30-19/h4-7,13-14H,2-3,8-12,15H2,1H3,(H2,22,28,29). The third-order valence-electron chi connectivity index (χ3n) is 5.62. The molecule has 10 heteroatoms. The van der Waals surface area contributed by atoms with Gasteiger partial charge >= 0.3 is 0 Å². The second-order valence-corrected chi connectivity index (χ2v) is 10.3. The van der Waals surface area contributed by atoms with E-state index >= 15 is 0 Å². The van der Waals surface area contributed by atoms with Gasteiger partial charge < -0.3 is 9.47 Å². The van der Waals surface area contributed by atoms with Crippen LogP contribution < -0.4 is 5.14 Å². The van der Waals surface area contributed by atoms with Crippen LogP contribution in [0.5, 0.6) is 0 Å². The number of benzene rings is 1. The topological polar surface area (TPSA) is 102 Å². The summed E-state index contributed by atoms with van der Waals surface area (Å²) in [4.78, 5) is 22.4. The second kappa shape index (κ2) is 9.07. The lowest BCUT2D eigenvalue weighted by atomic mass is 10.2. The summed E-state index contributed by atoms with van der Waals surface area (Å²) < 4.78 is 25.6. The van der Waals surface area contributed by atoms with Crippen LogP contribution in [-0.2, 0) is 23.1 Å². The molecule has 1 amide bonds. The van der Waals surface area contributed by atoms with Crippen molar-refractivity contribution in [2.24, 2.45) is 5.14 Å². The number of aryl methyl sites for hydroxylation is 1. The molecule has 1 saturated heterocycles. The highest BCUT2D eigenvalue weighted by Crippen LogP contribution is 2.22. The molecule has 0 aliphatic carbocycles. The lowest BCUT2D eigenvalue weighted by Gasteiger charge is -2.34. The molecule has 0 atom stereocenters. The van der Waals surface area contributed by atoms with Gasteiger partial charge in [-0.05, 0) is 36.1 Å². The molecular weight excluding hydrogens is 434 g/mol. The molecule has 4 rings (SSSR count). The first-order valence-electron chi connectivity index (χ1n) is 10.4. The van der Waals surface area contributed by atoms with Crippen LogP contribution in [0.2, 0.25) is 0 Å². The van der Waals surface area contributed by atoms with Crippen molar-refractivity contribution in [3.63, 3.8) is 0 Å². The Morgan fingerprint density at radius 2 is 1.97 bits per heavy atom. The van der Waals surface area contributed by atoms with Crippen LogP contribution in [0, 0.1) is 0 Å². The van der Waals surface area contributed by atoms with E-state index in [1.54, 1.807) is 18.2 Å². The number of nitrogens with two attached hydrogens (primary N) is 1. The maximum atomic E-state index is 12.6. The van der Waals surface area contributed by atoms with Crippen molar-refractivity contribution < 1.29 is 13.2 Å². The quantitative estimate of drug-likeness (QED) is 0.583. The first-order chi connectivity index (χ1) is 14.9. The lowest BCUT2D eigenvalue weighted by molar-refractivity contribution is 0.0629. The number of rotatable bonds is 7. The molecule has 0 spiro atoms. The summed E-state index contributed by atoms with van der Waals surface area (Å²) in [6.07, 6.45) is 2.07. The van der Waals surface area contributed by atoms with E-state index in [4.69, 9.17) is 10.1 Å². The van der Waals surface area contributed by atoms with E-state index in [1.807, 2.05) is 22.4 Å². The lowest BCUT2D eigenvalue weighted by Crippen LogP contribution is -2.48. The summed E-state index contributed by atoms with van der Waals surface area (Å²) in [5, 5.41) is 7.21. The highest BCUT2D eigenvalue weighted by Gasteiger charge is 2.24. The number of imidazole rings is 1. The van der Waals surface area contributed by atoms with E-state index in [0.29, 0.717) is 25.2 Å². The number of nitrogens with zero attached hydrogens (tertiary/aromatic N) is 4. The Balaban J connectivity index is 1.51. The van der Waals surface area contributed by atoms with Gasteiger partial charge in [0.15, 0.2) is 0 Å². The third-order valence-corrected chi connectivity index (χ3v) is 7.39. The van der Waals surface area contributed by atoms with Crippen molar-refractivity contribution in [1.82, 2.24) is 19.4 Å². The zero-order valence-corrected chi connectivity index (χ0v) is 19.2. The molecule has 0 bridgehead atoms. The molecule has 0 unspecified atom stereocenters. The van der Waals surface area contributed by atoms with Crippen molar-refractivity contribution in [1.29, 1.82) is 0 Å². The fraction of sp³-hybridized carbons (Fsp3) is 0.429. The maximum absolute atomic E-state index is 12.6. The predicted octanol–water partition coefficient (Wildman–Crippen LogP) is 2.50. The van der Waals surface area contributed by atoms with Crippen LogP contribution in [0.15, 0.2) is 40.6 Å². The molecule has 8 nitrogen and oxygen atoms in total. The first kappa shape index (κ1) is 21.9. The van der Waals surface area contributed by atoms with Gasteiger partial charge in [-0.25, -0.2) is 18.5 Å². The number of thiophene rings is 1. The molecular formula is C21H27N5O3S2. The fourth-order valence-corrected chi connectivity index (χ4v) is 5.11. The number of fused-ring (bicyclic) bond motifs is 1. The molecule has 0 saturated carbocycles. The van der Waals surface area contributed by atoms with Crippen molar-refractivity contribution in [2.45, 2.75) is 37.8 Å². The third kappa shape index (κ3) is 4.82. The zero-order chi connectivity index (χ0) is 22.0. The van der Waals surface area contributed by atoms with Crippen molar-refractivity contribution in [2.75, 3.05) is 26.2 Å². The Morgan fingerprint density at radius 1 is 1.19 bits per heavy atom. The van der Waals surface area contributed by atoms with Gasteiger partial charge in [-0.2, -0.15) is 0 Å². The molecule has 3 heterocycles. The number of carbonyl (C=O) groups excluding carboxylic acids is 1.